The number of benzene rings is 2. The van der Waals surface area contributed by atoms with E-state index in [9.17, 15) is 19.8 Å². The first-order valence-electron chi connectivity index (χ1n) is 8.80. The maximum absolute atomic E-state index is 12.8. The molecule has 0 saturated carbocycles. The Labute approximate surface area is 176 Å². The van der Waals surface area contributed by atoms with Crippen molar-refractivity contribution in [1.29, 1.82) is 0 Å². The lowest BCUT2D eigenvalue weighted by Gasteiger charge is -2.26. The molecule has 2 aromatic rings. The van der Waals surface area contributed by atoms with E-state index in [1.807, 2.05) is 0 Å². The van der Waals surface area contributed by atoms with Gasteiger partial charge < -0.3 is 24.6 Å². The molecule has 0 bridgehead atoms. The summed E-state index contributed by atoms with van der Waals surface area (Å²) >= 11 is 3.33. The van der Waals surface area contributed by atoms with Gasteiger partial charge in [-0.1, -0.05) is 28.1 Å². The summed E-state index contributed by atoms with van der Waals surface area (Å²) in [6.07, 6.45) is 0. The van der Waals surface area contributed by atoms with Crippen molar-refractivity contribution in [1.82, 2.24) is 4.90 Å². The smallest absolute Gasteiger partial charge is 0.295 e. The van der Waals surface area contributed by atoms with Crippen LogP contribution in [0.25, 0.3) is 5.76 Å². The number of rotatable bonds is 6. The number of halogens is 1. The van der Waals surface area contributed by atoms with E-state index < -0.39 is 17.7 Å². The molecule has 3 rings (SSSR count). The van der Waals surface area contributed by atoms with E-state index in [0.717, 1.165) is 4.47 Å². The zero-order valence-electron chi connectivity index (χ0n) is 15.9. The summed E-state index contributed by atoms with van der Waals surface area (Å²) in [5.74, 6) is -1.01. The third kappa shape index (κ3) is 3.86. The predicted molar refractivity (Wildman–Crippen MR) is 110 cm³/mol. The van der Waals surface area contributed by atoms with Crippen LogP contribution < -0.4 is 9.47 Å². The molecular weight excluding hydrogens is 442 g/mol. The lowest BCUT2D eigenvalue weighted by Crippen LogP contribution is -2.32. The van der Waals surface area contributed by atoms with Gasteiger partial charge in [0.15, 0.2) is 0 Å². The SMILES string of the molecule is COc1ccc(OC)c(C2/C(=C(/O)c3ccc(Br)cc3)C(=O)C(=O)N2CCO)c1. The Morgan fingerprint density at radius 1 is 1.10 bits per heavy atom. The number of carbonyl (C=O) groups excluding carboxylic acids is 2. The van der Waals surface area contributed by atoms with Crippen LogP contribution in [-0.2, 0) is 9.59 Å². The number of aliphatic hydroxyl groups is 2. The van der Waals surface area contributed by atoms with Gasteiger partial charge >= 0.3 is 0 Å². The number of hydrogen-bond acceptors (Lipinski definition) is 6. The zero-order chi connectivity index (χ0) is 21.1. The molecule has 0 aliphatic carbocycles. The number of methoxy groups -OCH3 is 2. The summed E-state index contributed by atoms with van der Waals surface area (Å²) in [4.78, 5) is 26.7. The van der Waals surface area contributed by atoms with E-state index >= 15 is 0 Å². The Hall–Kier alpha value is -2.84. The topological polar surface area (TPSA) is 96.3 Å². The molecule has 7 nitrogen and oxygen atoms in total. The molecule has 1 saturated heterocycles. The highest BCUT2D eigenvalue weighted by atomic mass is 79.9. The summed E-state index contributed by atoms with van der Waals surface area (Å²) in [7, 11) is 2.97. The second-order valence-corrected chi connectivity index (χ2v) is 7.25. The number of nitrogens with zero attached hydrogens (tertiary/aromatic N) is 1. The molecule has 29 heavy (non-hydrogen) atoms. The molecule has 2 N–H and O–H groups in total. The third-order valence-corrected chi connectivity index (χ3v) is 5.26. The minimum Gasteiger partial charge on any atom is -0.507 e. The maximum Gasteiger partial charge on any atom is 0.295 e. The number of amides is 1. The van der Waals surface area contributed by atoms with Crippen molar-refractivity contribution in [3.8, 4) is 11.5 Å². The van der Waals surface area contributed by atoms with E-state index in [1.165, 1.54) is 19.1 Å². The zero-order valence-corrected chi connectivity index (χ0v) is 17.5. The molecule has 1 aliphatic heterocycles. The maximum atomic E-state index is 12.8. The number of ketones is 1. The second-order valence-electron chi connectivity index (χ2n) is 6.33. The molecule has 0 radical (unpaired) electrons. The van der Waals surface area contributed by atoms with Crippen LogP contribution in [0.2, 0.25) is 0 Å². The van der Waals surface area contributed by atoms with Crippen molar-refractivity contribution in [2.24, 2.45) is 0 Å². The van der Waals surface area contributed by atoms with E-state index in [-0.39, 0.29) is 24.5 Å². The molecule has 1 amide bonds. The van der Waals surface area contributed by atoms with Crippen molar-refractivity contribution in [2.75, 3.05) is 27.4 Å². The van der Waals surface area contributed by atoms with Crippen LogP contribution in [0.15, 0.2) is 52.5 Å². The fourth-order valence-corrected chi connectivity index (χ4v) is 3.62. The number of β-amino-alcohol motifs (C(OH)–C–C–N with tert-alkyl or cyclic N) is 1. The lowest BCUT2D eigenvalue weighted by molar-refractivity contribution is -0.140. The summed E-state index contributed by atoms with van der Waals surface area (Å²) < 4.78 is 11.5. The average molecular weight is 462 g/mol. The molecule has 0 spiro atoms. The normalized spacial score (nSPS) is 18.2. The molecule has 1 heterocycles. The van der Waals surface area contributed by atoms with Crippen molar-refractivity contribution in [2.45, 2.75) is 6.04 Å². The van der Waals surface area contributed by atoms with Gasteiger partial charge in [-0.2, -0.15) is 0 Å². The Bertz CT molecular complexity index is 970. The van der Waals surface area contributed by atoms with Crippen molar-refractivity contribution in [3.63, 3.8) is 0 Å². The van der Waals surface area contributed by atoms with E-state index in [1.54, 1.807) is 42.5 Å². The highest BCUT2D eigenvalue weighted by Crippen LogP contribution is 2.43. The quantitative estimate of drug-likeness (QED) is 0.390. The van der Waals surface area contributed by atoms with Crippen LogP contribution >= 0.6 is 15.9 Å². The minimum absolute atomic E-state index is 0.0719. The van der Waals surface area contributed by atoms with Gasteiger partial charge in [-0.3, -0.25) is 9.59 Å². The number of Topliss-reactive ketones (excluding diaryl/α,β-unsaturated/α-hetero) is 1. The van der Waals surface area contributed by atoms with Gasteiger partial charge in [0.1, 0.15) is 17.3 Å². The van der Waals surface area contributed by atoms with Crippen LogP contribution in [0.3, 0.4) is 0 Å². The molecule has 152 valence electrons. The average Bonchev–Trinajstić information content (AvgIpc) is 2.98. The first kappa shape index (κ1) is 20.9. The number of carbonyl (C=O) groups is 2. The molecule has 1 unspecified atom stereocenters. The molecule has 1 atom stereocenters. The summed E-state index contributed by atoms with van der Waals surface area (Å²) in [6.45, 7) is -0.416. The van der Waals surface area contributed by atoms with Gasteiger partial charge in [0.05, 0.1) is 32.4 Å². The molecule has 8 heteroatoms. The fraction of sp³-hybridized carbons (Fsp3) is 0.238. The van der Waals surface area contributed by atoms with Gasteiger partial charge in [0, 0.05) is 22.1 Å². The highest BCUT2D eigenvalue weighted by Gasteiger charge is 2.47. The minimum atomic E-state index is -0.934. The van der Waals surface area contributed by atoms with Crippen molar-refractivity contribution in [3.05, 3.63) is 63.6 Å². The Kier molecular flexibility index (Phi) is 6.24. The van der Waals surface area contributed by atoms with E-state index in [4.69, 9.17) is 9.47 Å². The first-order chi connectivity index (χ1) is 13.9. The van der Waals surface area contributed by atoms with E-state index in [2.05, 4.69) is 15.9 Å². The Morgan fingerprint density at radius 2 is 1.79 bits per heavy atom. The largest absolute Gasteiger partial charge is 0.507 e. The summed E-state index contributed by atoms with van der Waals surface area (Å²) in [6, 6.07) is 10.8. The van der Waals surface area contributed by atoms with Gasteiger partial charge in [0.2, 0.25) is 0 Å². The number of likely N-dealkylation sites (tertiary alicyclic amines) is 1. The molecule has 0 aromatic heterocycles. The molecule has 1 aliphatic rings. The van der Waals surface area contributed by atoms with Crippen molar-refractivity contribution >= 4 is 33.4 Å². The standard InChI is InChI=1S/C21H20BrNO6/c1-28-14-7-8-16(29-2)15(11-14)18-17(20(26)21(27)23(18)9-10-24)19(25)12-3-5-13(22)6-4-12/h3-8,11,18,24-25H,9-10H2,1-2H3/b19-17-. The van der Waals surface area contributed by atoms with Gasteiger partial charge in [-0.25, -0.2) is 0 Å². The van der Waals surface area contributed by atoms with Crippen LogP contribution in [0.5, 0.6) is 11.5 Å². The predicted octanol–water partition coefficient (Wildman–Crippen LogP) is 2.88. The fourth-order valence-electron chi connectivity index (χ4n) is 3.36. The lowest BCUT2D eigenvalue weighted by atomic mass is 9.94. The number of aliphatic hydroxyl groups excluding tert-OH is 2. The summed E-state index contributed by atoms with van der Waals surface area (Å²) in [5.41, 5.74) is 0.789. The third-order valence-electron chi connectivity index (χ3n) is 4.73. The highest BCUT2D eigenvalue weighted by molar-refractivity contribution is 9.10. The van der Waals surface area contributed by atoms with Crippen LogP contribution in [-0.4, -0.2) is 54.2 Å². The van der Waals surface area contributed by atoms with Gasteiger partial charge in [-0.15, -0.1) is 0 Å². The van der Waals surface area contributed by atoms with Crippen molar-refractivity contribution < 1.29 is 29.3 Å². The monoisotopic (exact) mass is 461 g/mol. The summed E-state index contributed by atoms with van der Waals surface area (Å²) in [5, 5.41) is 20.4. The second kappa shape index (κ2) is 8.67. The molecule has 2 aromatic carbocycles. The number of hydrogen-bond donors (Lipinski definition) is 2. The molecule has 1 fully saturated rings. The van der Waals surface area contributed by atoms with Crippen LogP contribution in [0, 0.1) is 0 Å². The first-order valence-corrected chi connectivity index (χ1v) is 9.59. The Morgan fingerprint density at radius 3 is 2.38 bits per heavy atom. The van der Waals surface area contributed by atoms with Gasteiger partial charge in [0.25, 0.3) is 11.7 Å². The van der Waals surface area contributed by atoms with E-state index in [0.29, 0.717) is 22.6 Å². The van der Waals surface area contributed by atoms with Gasteiger partial charge in [-0.05, 0) is 30.3 Å². The van der Waals surface area contributed by atoms with Crippen LogP contribution in [0.4, 0.5) is 0 Å². The molecular formula is C21H20BrNO6. The Balaban J connectivity index is 2.26. The van der Waals surface area contributed by atoms with Crippen LogP contribution in [0.1, 0.15) is 17.2 Å². The number of ether oxygens (including phenoxy) is 2.